The van der Waals surface area contributed by atoms with Gasteiger partial charge in [-0.1, -0.05) is 11.2 Å². The molecule has 0 atom stereocenters. The topological polar surface area (TPSA) is 70.5 Å². The number of benzene rings is 1. The van der Waals surface area contributed by atoms with E-state index in [1.165, 1.54) is 0 Å². The Morgan fingerprint density at radius 2 is 2.11 bits per heavy atom. The molecule has 0 spiro atoms. The molecule has 0 unspecified atom stereocenters. The summed E-state index contributed by atoms with van der Waals surface area (Å²) in [5.74, 6) is 1.99. The number of nitrogens with two attached hydrogens (primary N) is 1. The van der Waals surface area contributed by atoms with Gasteiger partial charge in [0.15, 0.2) is 17.3 Å². The van der Waals surface area contributed by atoms with Crippen LogP contribution in [0, 0.1) is 6.92 Å². The molecule has 1 heterocycles. The van der Waals surface area contributed by atoms with Crippen LogP contribution >= 0.6 is 0 Å². The molecule has 1 aromatic heterocycles. The maximum Gasteiger partial charge on any atom is 0.174 e. The molecule has 1 aromatic carbocycles. The van der Waals surface area contributed by atoms with Crippen molar-refractivity contribution < 1.29 is 14.0 Å². The second-order valence-electron chi connectivity index (χ2n) is 3.91. The highest BCUT2D eigenvalue weighted by atomic mass is 16.5. The average molecular weight is 248 g/mol. The van der Waals surface area contributed by atoms with Crippen LogP contribution < -0.4 is 15.2 Å². The lowest BCUT2D eigenvalue weighted by molar-refractivity contribution is 0.238. The molecule has 2 rings (SSSR count). The van der Waals surface area contributed by atoms with Gasteiger partial charge >= 0.3 is 0 Å². The summed E-state index contributed by atoms with van der Waals surface area (Å²) >= 11 is 0. The fourth-order valence-corrected chi connectivity index (χ4v) is 1.59. The normalized spacial score (nSPS) is 10.4. The van der Waals surface area contributed by atoms with Crippen LogP contribution in [0.25, 0.3) is 0 Å². The third kappa shape index (κ3) is 2.81. The van der Waals surface area contributed by atoms with E-state index in [0.29, 0.717) is 30.4 Å². The van der Waals surface area contributed by atoms with Crippen LogP contribution in [0.5, 0.6) is 11.5 Å². The highest BCUT2D eigenvalue weighted by Gasteiger charge is 2.07. The van der Waals surface area contributed by atoms with Crippen LogP contribution in [0.2, 0.25) is 0 Å². The summed E-state index contributed by atoms with van der Waals surface area (Å²) in [5, 5.41) is 3.80. The minimum Gasteiger partial charge on any atom is -0.493 e. The Morgan fingerprint density at radius 3 is 2.72 bits per heavy atom. The predicted octanol–water partition coefficient (Wildman–Crippen LogP) is 2.03. The van der Waals surface area contributed by atoms with E-state index >= 15 is 0 Å². The van der Waals surface area contributed by atoms with Gasteiger partial charge in [-0.05, 0) is 24.6 Å². The van der Waals surface area contributed by atoms with E-state index in [1.54, 1.807) is 7.11 Å². The number of nitrogens with zero attached hydrogens (tertiary/aromatic N) is 1. The number of hydrogen-bond donors (Lipinski definition) is 1. The number of ether oxygens (including phenoxy) is 2. The van der Waals surface area contributed by atoms with Crippen molar-refractivity contribution in [3.05, 3.63) is 41.3 Å². The Morgan fingerprint density at radius 1 is 1.28 bits per heavy atom. The van der Waals surface area contributed by atoms with Crippen molar-refractivity contribution in [2.24, 2.45) is 5.73 Å². The fourth-order valence-electron chi connectivity index (χ4n) is 1.59. The van der Waals surface area contributed by atoms with E-state index in [2.05, 4.69) is 5.16 Å². The first kappa shape index (κ1) is 12.4. The summed E-state index contributed by atoms with van der Waals surface area (Å²) in [6.07, 6.45) is 0. The standard InChI is InChI=1S/C13H16N2O3/c1-9-5-11(18-15-9)8-17-13-6-10(7-14)3-4-12(13)16-2/h3-6H,7-8,14H2,1-2H3. The SMILES string of the molecule is COc1ccc(CN)cc1OCc1cc(C)no1. The zero-order valence-electron chi connectivity index (χ0n) is 10.5. The number of hydrogen-bond acceptors (Lipinski definition) is 5. The first-order chi connectivity index (χ1) is 8.72. The second-order valence-corrected chi connectivity index (χ2v) is 3.91. The van der Waals surface area contributed by atoms with Crippen molar-refractivity contribution in [2.45, 2.75) is 20.1 Å². The maximum atomic E-state index is 5.66. The van der Waals surface area contributed by atoms with E-state index in [-0.39, 0.29) is 0 Å². The highest BCUT2D eigenvalue weighted by molar-refractivity contribution is 5.42. The number of rotatable bonds is 5. The summed E-state index contributed by atoms with van der Waals surface area (Å²) in [5.41, 5.74) is 7.41. The summed E-state index contributed by atoms with van der Waals surface area (Å²) in [6.45, 7) is 2.63. The van der Waals surface area contributed by atoms with Crippen molar-refractivity contribution in [3.8, 4) is 11.5 Å². The molecule has 0 aliphatic rings. The molecule has 0 aliphatic heterocycles. The molecule has 0 saturated carbocycles. The summed E-state index contributed by atoms with van der Waals surface area (Å²) in [6, 6.07) is 7.44. The van der Waals surface area contributed by atoms with Crippen LogP contribution in [0.4, 0.5) is 0 Å². The summed E-state index contributed by atoms with van der Waals surface area (Å²) in [7, 11) is 1.60. The molecular weight excluding hydrogens is 232 g/mol. The molecular formula is C13H16N2O3. The Balaban J connectivity index is 2.11. The van der Waals surface area contributed by atoms with Crippen molar-refractivity contribution in [2.75, 3.05) is 7.11 Å². The van der Waals surface area contributed by atoms with Crippen molar-refractivity contribution >= 4 is 0 Å². The van der Waals surface area contributed by atoms with Crippen LogP contribution in [-0.2, 0) is 13.2 Å². The molecule has 0 aliphatic carbocycles. The third-order valence-corrected chi connectivity index (χ3v) is 2.51. The molecule has 2 N–H and O–H groups in total. The lowest BCUT2D eigenvalue weighted by Crippen LogP contribution is -2.00. The summed E-state index contributed by atoms with van der Waals surface area (Å²) < 4.78 is 16.0. The minimum absolute atomic E-state index is 0.311. The zero-order valence-corrected chi connectivity index (χ0v) is 10.5. The number of aryl methyl sites for hydroxylation is 1. The summed E-state index contributed by atoms with van der Waals surface area (Å²) in [4.78, 5) is 0. The van der Waals surface area contributed by atoms with Gasteiger partial charge in [-0.2, -0.15) is 0 Å². The van der Waals surface area contributed by atoms with Crippen molar-refractivity contribution in [1.82, 2.24) is 5.16 Å². The molecule has 0 fully saturated rings. The lowest BCUT2D eigenvalue weighted by Gasteiger charge is -2.10. The van der Waals surface area contributed by atoms with Crippen LogP contribution in [0.15, 0.2) is 28.8 Å². The van der Waals surface area contributed by atoms with Crippen LogP contribution in [0.3, 0.4) is 0 Å². The van der Waals surface area contributed by atoms with Gasteiger partial charge in [-0.25, -0.2) is 0 Å². The van der Waals surface area contributed by atoms with Crippen LogP contribution in [0.1, 0.15) is 17.0 Å². The highest BCUT2D eigenvalue weighted by Crippen LogP contribution is 2.28. The maximum absolute atomic E-state index is 5.66. The predicted molar refractivity (Wildman–Crippen MR) is 66.5 cm³/mol. The van der Waals surface area contributed by atoms with Gasteiger partial charge in [0.25, 0.3) is 0 Å². The average Bonchev–Trinajstić information content (AvgIpc) is 2.81. The van der Waals surface area contributed by atoms with Gasteiger partial charge < -0.3 is 19.7 Å². The molecule has 0 bridgehead atoms. The van der Waals surface area contributed by atoms with E-state index in [1.807, 2.05) is 31.2 Å². The number of aromatic nitrogens is 1. The van der Waals surface area contributed by atoms with Crippen molar-refractivity contribution in [3.63, 3.8) is 0 Å². The largest absolute Gasteiger partial charge is 0.493 e. The zero-order chi connectivity index (χ0) is 13.0. The lowest BCUT2D eigenvalue weighted by atomic mass is 10.2. The van der Waals surface area contributed by atoms with Gasteiger partial charge in [-0.3, -0.25) is 0 Å². The first-order valence-electron chi connectivity index (χ1n) is 5.65. The molecule has 18 heavy (non-hydrogen) atoms. The molecule has 5 heteroatoms. The van der Waals surface area contributed by atoms with E-state index in [9.17, 15) is 0 Å². The smallest absolute Gasteiger partial charge is 0.174 e. The van der Waals surface area contributed by atoms with Gasteiger partial charge in [0.2, 0.25) is 0 Å². The molecule has 2 aromatic rings. The monoisotopic (exact) mass is 248 g/mol. The van der Waals surface area contributed by atoms with Gasteiger partial charge in [-0.15, -0.1) is 0 Å². The Labute approximate surface area is 105 Å². The van der Waals surface area contributed by atoms with E-state index in [0.717, 1.165) is 11.3 Å². The molecule has 96 valence electrons. The minimum atomic E-state index is 0.311. The van der Waals surface area contributed by atoms with Gasteiger partial charge in [0.1, 0.15) is 6.61 Å². The van der Waals surface area contributed by atoms with Gasteiger partial charge in [0, 0.05) is 12.6 Å². The first-order valence-corrected chi connectivity index (χ1v) is 5.65. The molecule has 0 radical (unpaired) electrons. The fraction of sp³-hybridized carbons (Fsp3) is 0.308. The second kappa shape index (κ2) is 5.55. The molecule has 0 saturated heterocycles. The van der Waals surface area contributed by atoms with Gasteiger partial charge in [0.05, 0.1) is 12.8 Å². The molecule has 5 nitrogen and oxygen atoms in total. The number of methoxy groups -OCH3 is 1. The van der Waals surface area contributed by atoms with E-state index < -0.39 is 0 Å². The van der Waals surface area contributed by atoms with E-state index in [4.69, 9.17) is 19.7 Å². The third-order valence-electron chi connectivity index (χ3n) is 2.51. The Kier molecular flexibility index (Phi) is 3.84. The van der Waals surface area contributed by atoms with Crippen LogP contribution in [-0.4, -0.2) is 12.3 Å². The Hall–Kier alpha value is -2.01. The van der Waals surface area contributed by atoms with Crippen molar-refractivity contribution in [1.29, 1.82) is 0 Å². The molecule has 0 amide bonds. The quantitative estimate of drug-likeness (QED) is 0.876. The Bertz CT molecular complexity index is 523.